The van der Waals surface area contributed by atoms with Crippen molar-refractivity contribution < 1.29 is 57.5 Å². The zero-order valence-corrected chi connectivity index (χ0v) is 35.4. The number of hydrogen-bond donors (Lipinski definition) is 6. The van der Waals surface area contributed by atoms with Crippen LogP contribution in [-0.2, 0) is 38.1 Å². The Morgan fingerprint density at radius 3 is 2.00 bits per heavy atom. The Morgan fingerprint density at radius 1 is 0.790 bits per heavy atom. The number of hydrogen-bond acceptors (Lipinski definition) is 12. The van der Waals surface area contributed by atoms with Gasteiger partial charge in [0.2, 0.25) is 11.8 Å². The van der Waals surface area contributed by atoms with E-state index < -0.39 is 60.6 Å². The zero-order chi connectivity index (χ0) is 45.2. The number of nitrogens with two attached hydrogens (primary N) is 1. The van der Waals surface area contributed by atoms with E-state index in [9.17, 15) is 29.1 Å². The van der Waals surface area contributed by atoms with E-state index in [1.165, 1.54) is 0 Å². The Morgan fingerprint density at radius 2 is 1.40 bits per heavy atom. The van der Waals surface area contributed by atoms with E-state index in [4.69, 9.17) is 39.7 Å². The van der Waals surface area contributed by atoms with Gasteiger partial charge in [-0.25, -0.2) is 9.59 Å². The number of alkyl carbamates (subject to hydrolysis) is 1. The Kier molecular flexibility index (Phi) is 22.4. The molecule has 338 valence electrons. The lowest BCUT2D eigenvalue weighted by Crippen LogP contribution is -2.50. The van der Waals surface area contributed by atoms with Gasteiger partial charge >= 0.3 is 18.1 Å². The van der Waals surface area contributed by atoms with Crippen LogP contribution in [0.25, 0.3) is 32.3 Å². The topological polar surface area (TPSA) is 284 Å². The molecule has 5 amide bonds. The number of rotatable bonds is 29. The smallest absolute Gasteiger partial charge is 0.408 e. The molecule has 0 radical (unpaired) electrons. The lowest BCUT2D eigenvalue weighted by Gasteiger charge is -2.23. The quantitative estimate of drug-likeness (QED) is 0.0246. The summed E-state index contributed by atoms with van der Waals surface area (Å²) in [6.07, 6.45) is -0.886. The first-order valence-corrected chi connectivity index (χ1v) is 20.2. The van der Waals surface area contributed by atoms with Crippen molar-refractivity contribution in [1.82, 2.24) is 21.3 Å². The Bertz CT molecular complexity index is 1940. The summed E-state index contributed by atoms with van der Waals surface area (Å²) in [5.41, 5.74) is 14.8. The first-order chi connectivity index (χ1) is 29.8. The zero-order valence-electron chi connectivity index (χ0n) is 35.4. The van der Waals surface area contributed by atoms with Gasteiger partial charge in [0.25, 0.3) is 0 Å². The van der Waals surface area contributed by atoms with Crippen molar-refractivity contribution in [2.45, 2.75) is 57.7 Å². The highest BCUT2D eigenvalue weighted by molar-refractivity contribution is 6.00. The summed E-state index contributed by atoms with van der Waals surface area (Å²) < 4.78 is 33.2. The molecular weight excluding hydrogens is 809 g/mol. The molecular formula is C42H58N8O12. The molecule has 0 aliphatic heterocycles. The minimum absolute atomic E-state index is 0.0962. The van der Waals surface area contributed by atoms with Crippen LogP contribution in [0.4, 0.5) is 9.59 Å². The number of benzene rings is 3. The van der Waals surface area contributed by atoms with Crippen LogP contribution >= 0.6 is 0 Å². The first kappa shape index (κ1) is 50.2. The molecule has 3 rings (SSSR count). The highest BCUT2D eigenvalue weighted by Crippen LogP contribution is 2.35. The summed E-state index contributed by atoms with van der Waals surface area (Å²) in [6.45, 7) is 8.43. The van der Waals surface area contributed by atoms with Gasteiger partial charge in [-0.05, 0) is 67.3 Å². The summed E-state index contributed by atoms with van der Waals surface area (Å²) in [5, 5.41) is 24.9. The van der Waals surface area contributed by atoms with E-state index in [0.29, 0.717) is 70.8 Å². The van der Waals surface area contributed by atoms with Gasteiger partial charge in [-0.15, -0.1) is 0 Å². The van der Waals surface area contributed by atoms with Gasteiger partial charge in [-0.1, -0.05) is 59.7 Å². The SMILES string of the molecule is CC(C)(C)OC(=O)N[C@@H](CCCNC(N)=O)C(=O)NCC(=O)N[C@@H](CC(=O)O)c1ccc(-c2ccc(OCCOCCOCCOCCOCCN=[N+]=[N-])c3ccccc23)cc1. The van der Waals surface area contributed by atoms with Crippen molar-refractivity contribution in [3.63, 3.8) is 0 Å². The molecule has 0 unspecified atom stereocenters. The van der Waals surface area contributed by atoms with E-state index in [1.807, 2.05) is 48.5 Å². The average molecular weight is 867 g/mol. The van der Waals surface area contributed by atoms with E-state index >= 15 is 0 Å². The third-order valence-electron chi connectivity index (χ3n) is 8.62. The highest BCUT2D eigenvalue weighted by atomic mass is 16.6. The fourth-order valence-electron chi connectivity index (χ4n) is 5.87. The highest BCUT2D eigenvalue weighted by Gasteiger charge is 2.25. The number of nitrogens with zero attached hydrogens (tertiary/aromatic N) is 3. The molecule has 20 heteroatoms. The van der Waals surface area contributed by atoms with Gasteiger partial charge in [-0.2, -0.15) is 0 Å². The number of amides is 5. The summed E-state index contributed by atoms with van der Waals surface area (Å²) in [7, 11) is 0. The Labute approximate surface area is 360 Å². The van der Waals surface area contributed by atoms with E-state index in [0.717, 1.165) is 21.9 Å². The number of fused-ring (bicyclic) bond motifs is 1. The van der Waals surface area contributed by atoms with Crippen LogP contribution in [-0.4, -0.2) is 126 Å². The Balaban J connectivity index is 1.52. The largest absolute Gasteiger partial charge is 0.491 e. The molecule has 7 N–H and O–H groups in total. The monoisotopic (exact) mass is 866 g/mol. The molecule has 2 atom stereocenters. The number of carbonyl (C=O) groups is 5. The number of urea groups is 1. The summed E-state index contributed by atoms with van der Waals surface area (Å²) in [6, 6.07) is 16.0. The summed E-state index contributed by atoms with van der Waals surface area (Å²) >= 11 is 0. The van der Waals surface area contributed by atoms with Crippen LogP contribution in [0.15, 0.2) is 65.8 Å². The predicted molar refractivity (Wildman–Crippen MR) is 228 cm³/mol. The molecule has 0 saturated carbocycles. The van der Waals surface area contributed by atoms with Crippen molar-refractivity contribution >= 4 is 40.7 Å². The predicted octanol–water partition coefficient (Wildman–Crippen LogP) is 4.35. The van der Waals surface area contributed by atoms with E-state index in [-0.39, 0.29) is 25.9 Å². The van der Waals surface area contributed by atoms with Crippen LogP contribution < -0.4 is 31.7 Å². The lowest BCUT2D eigenvalue weighted by atomic mass is 9.95. The molecule has 0 spiro atoms. The number of carboxylic acid groups (broad SMARTS) is 1. The lowest BCUT2D eigenvalue weighted by molar-refractivity contribution is -0.138. The molecule has 62 heavy (non-hydrogen) atoms. The number of primary amides is 1. The van der Waals surface area contributed by atoms with Crippen molar-refractivity contribution in [2.75, 3.05) is 79.1 Å². The second-order valence-corrected chi connectivity index (χ2v) is 14.6. The molecule has 0 heterocycles. The summed E-state index contributed by atoms with van der Waals surface area (Å²) in [5.74, 6) is -1.79. The van der Waals surface area contributed by atoms with Crippen molar-refractivity contribution in [2.24, 2.45) is 10.8 Å². The van der Waals surface area contributed by atoms with Crippen LogP contribution in [0.1, 0.15) is 51.6 Å². The molecule has 0 aliphatic carbocycles. The molecule has 3 aromatic carbocycles. The van der Waals surface area contributed by atoms with E-state index in [1.54, 1.807) is 32.9 Å². The maximum absolute atomic E-state index is 13.1. The number of carbonyl (C=O) groups excluding carboxylic acids is 4. The van der Waals surface area contributed by atoms with Crippen molar-refractivity contribution in [3.8, 4) is 16.9 Å². The normalized spacial score (nSPS) is 12.0. The van der Waals surface area contributed by atoms with Crippen molar-refractivity contribution in [1.29, 1.82) is 0 Å². The number of nitrogens with one attached hydrogen (secondary N) is 4. The third-order valence-corrected chi connectivity index (χ3v) is 8.62. The van der Waals surface area contributed by atoms with Crippen LogP contribution in [0, 0.1) is 0 Å². The van der Waals surface area contributed by atoms with Crippen LogP contribution in [0.5, 0.6) is 5.75 Å². The van der Waals surface area contributed by atoms with Gasteiger partial charge in [-0.3, -0.25) is 14.4 Å². The fraction of sp³-hybridized carbons (Fsp3) is 0.500. The van der Waals surface area contributed by atoms with Gasteiger partial charge in [0.05, 0.1) is 71.9 Å². The van der Waals surface area contributed by atoms with Gasteiger partial charge in [0, 0.05) is 23.4 Å². The average Bonchev–Trinajstić information content (AvgIpc) is 3.22. The second kappa shape index (κ2) is 27.6. The van der Waals surface area contributed by atoms with Gasteiger partial charge in [0.1, 0.15) is 24.0 Å². The number of ether oxygens (including phenoxy) is 6. The minimum Gasteiger partial charge on any atom is -0.491 e. The molecule has 0 aromatic heterocycles. The maximum atomic E-state index is 13.1. The van der Waals surface area contributed by atoms with Crippen LogP contribution in [0.2, 0.25) is 0 Å². The molecule has 0 bridgehead atoms. The molecule has 0 aliphatic rings. The number of aliphatic carboxylic acids is 1. The molecule has 0 saturated heterocycles. The number of azide groups is 1. The maximum Gasteiger partial charge on any atom is 0.408 e. The van der Waals surface area contributed by atoms with Crippen LogP contribution in [0.3, 0.4) is 0 Å². The minimum atomic E-state index is -1.14. The van der Waals surface area contributed by atoms with E-state index in [2.05, 4.69) is 31.3 Å². The standard InChI is InChI=1S/C42H58N8O12/c1-42(2,3)62-41(56)49-34(9-6-16-45-40(43)55)39(54)46-28-37(51)48-35(27-38(52)53)30-12-10-29(11-13-30)31-14-15-36(33-8-5-4-7-32(31)33)61-26-25-60-24-23-59-22-21-58-20-19-57-18-17-47-50-44/h4-5,7-8,10-15,34-35H,6,9,16-28H2,1-3H3,(H,46,54)(H,48,51)(H,49,56)(H,52,53)(H3,43,45,55)/t34-,35-/m0/s1. The molecule has 0 fully saturated rings. The molecule has 3 aromatic rings. The van der Waals surface area contributed by atoms with Crippen molar-refractivity contribution in [3.05, 3.63) is 76.7 Å². The Hall–Kier alpha value is -6.18. The third kappa shape index (κ3) is 19.9. The fourth-order valence-corrected chi connectivity index (χ4v) is 5.87. The first-order valence-electron chi connectivity index (χ1n) is 20.2. The summed E-state index contributed by atoms with van der Waals surface area (Å²) in [4.78, 5) is 64.1. The molecule has 20 nitrogen and oxygen atoms in total. The van der Waals surface area contributed by atoms with Gasteiger partial charge < -0.3 is 60.5 Å². The number of carboxylic acids is 1. The second-order valence-electron chi connectivity index (χ2n) is 14.6. The van der Waals surface area contributed by atoms with Gasteiger partial charge in [0.15, 0.2) is 0 Å².